The summed E-state index contributed by atoms with van der Waals surface area (Å²) in [6, 6.07) is 15.7. The van der Waals surface area contributed by atoms with Gasteiger partial charge in [-0.1, -0.05) is 24.3 Å². The van der Waals surface area contributed by atoms with E-state index in [4.69, 9.17) is 5.73 Å². The van der Waals surface area contributed by atoms with Crippen LogP contribution in [0.25, 0.3) is 11.1 Å². The van der Waals surface area contributed by atoms with Crippen molar-refractivity contribution in [3.8, 4) is 11.1 Å². The van der Waals surface area contributed by atoms with Gasteiger partial charge in [0.2, 0.25) is 0 Å². The highest BCUT2D eigenvalue weighted by Crippen LogP contribution is 2.27. The number of carbonyl (C=O) groups excluding carboxylic acids is 3. The zero-order valence-electron chi connectivity index (χ0n) is 17.4. The standard InChI is InChI=1S/C23H23N5O4/c1-2-26-20-12-17(7-10-19(20)21(29)32-22(24)30)16-5-8-18(9-6-16)28-23(31)27-14-15-4-3-11-25-13-15/h3-13,26H,2,14H2,1H3,(H2,24,30)(H2,27,28,31). The zero-order valence-corrected chi connectivity index (χ0v) is 17.4. The molecule has 164 valence electrons. The lowest BCUT2D eigenvalue weighted by atomic mass is 10.0. The number of anilines is 2. The summed E-state index contributed by atoms with van der Waals surface area (Å²) in [6.07, 6.45) is 2.21. The highest BCUT2D eigenvalue weighted by atomic mass is 16.6. The third kappa shape index (κ3) is 6.05. The molecule has 0 aliphatic heterocycles. The topological polar surface area (TPSA) is 135 Å². The summed E-state index contributed by atoms with van der Waals surface area (Å²) in [7, 11) is 0. The molecular formula is C23H23N5O4. The molecule has 2 aromatic carbocycles. The van der Waals surface area contributed by atoms with Crippen molar-refractivity contribution in [3.05, 3.63) is 78.1 Å². The van der Waals surface area contributed by atoms with Crippen LogP contribution in [0.15, 0.2) is 67.0 Å². The number of nitrogens with zero attached hydrogens (tertiary/aromatic N) is 1. The van der Waals surface area contributed by atoms with E-state index in [2.05, 4.69) is 25.7 Å². The third-order valence-corrected chi connectivity index (χ3v) is 4.45. The number of carbonyl (C=O) groups is 3. The summed E-state index contributed by atoms with van der Waals surface area (Å²) in [6.45, 7) is 2.82. The van der Waals surface area contributed by atoms with Gasteiger partial charge in [0.05, 0.1) is 5.56 Å². The minimum absolute atomic E-state index is 0.206. The van der Waals surface area contributed by atoms with Crippen molar-refractivity contribution in [1.29, 1.82) is 0 Å². The van der Waals surface area contributed by atoms with Crippen molar-refractivity contribution in [2.45, 2.75) is 13.5 Å². The number of rotatable bonds is 7. The van der Waals surface area contributed by atoms with E-state index in [9.17, 15) is 14.4 Å². The van der Waals surface area contributed by atoms with E-state index in [1.54, 1.807) is 42.7 Å². The van der Waals surface area contributed by atoms with Crippen molar-refractivity contribution in [2.24, 2.45) is 5.73 Å². The SMILES string of the molecule is CCNc1cc(-c2ccc(NC(=O)NCc3cccnc3)cc2)ccc1C(=O)OC(N)=O. The van der Waals surface area contributed by atoms with Gasteiger partial charge >= 0.3 is 18.1 Å². The highest BCUT2D eigenvalue weighted by Gasteiger charge is 2.16. The fourth-order valence-electron chi connectivity index (χ4n) is 2.99. The zero-order chi connectivity index (χ0) is 22.9. The molecule has 1 heterocycles. The quantitative estimate of drug-likeness (QED) is 0.331. The molecule has 3 aromatic rings. The van der Waals surface area contributed by atoms with Crippen LogP contribution in [-0.4, -0.2) is 29.6 Å². The van der Waals surface area contributed by atoms with E-state index in [1.807, 2.05) is 31.2 Å². The van der Waals surface area contributed by atoms with Crippen molar-refractivity contribution < 1.29 is 19.1 Å². The Bertz CT molecular complexity index is 1100. The first-order chi connectivity index (χ1) is 15.5. The molecule has 5 N–H and O–H groups in total. The molecule has 0 bridgehead atoms. The maximum Gasteiger partial charge on any atom is 0.412 e. The van der Waals surface area contributed by atoms with Crippen LogP contribution in [0.5, 0.6) is 0 Å². The number of ether oxygens (including phenoxy) is 1. The molecule has 0 fully saturated rings. The number of primary amides is 1. The first-order valence-corrected chi connectivity index (χ1v) is 9.90. The molecule has 3 rings (SSSR count). The van der Waals surface area contributed by atoms with Gasteiger partial charge in [-0.15, -0.1) is 0 Å². The lowest BCUT2D eigenvalue weighted by molar-refractivity contribution is 0.0639. The second-order valence-corrected chi connectivity index (χ2v) is 6.75. The van der Waals surface area contributed by atoms with Gasteiger partial charge < -0.3 is 26.4 Å². The summed E-state index contributed by atoms with van der Waals surface area (Å²) in [5, 5.41) is 8.63. The Morgan fingerprint density at radius 1 is 1.03 bits per heavy atom. The normalized spacial score (nSPS) is 10.2. The minimum atomic E-state index is -1.16. The number of amides is 3. The highest BCUT2D eigenvalue weighted by molar-refractivity contribution is 6.01. The molecule has 0 unspecified atom stereocenters. The molecule has 3 amide bonds. The van der Waals surface area contributed by atoms with E-state index in [1.165, 1.54) is 0 Å². The Morgan fingerprint density at radius 2 is 1.78 bits per heavy atom. The van der Waals surface area contributed by atoms with Crippen LogP contribution >= 0.6 is 0 Å². The van der Waals surface area contributed by atoms with Crippen LogP contribution in [-0.2, 0) is 11.3 Å². The fraction of sp³-hybridized carbons (Fsp3) is 0.130. The van der Waals surface area contributed by atoms with E-state index in [-0.39, 0.29) is 11.6 Å². The van der Waals surface area contributed by atoms with E-state index >= 15 is 0 Å². The van der Waals surface area contributed by atoms with Gasteiger partial charge in [-0.2, -0.15) is 0 Å². The lowest BCUT2D eigenvalue weighted by Gasteiger charge is -2.12. The maximum absolute atomic E-state index is 12.1. The van der Waals surface area contributed by atoms with E-state index in [0.717, 1.165) is 16.7 Å². The van der Waals surface area contributed by atoms with Crippen molar-refractivity contribution in [3.63, 3.8) is 0 Å². The van der Waals surface area contributed by atoms with Crippen LogP contribution < -0.4 is 21.7 Å². The van der Waals surface area contributed by atoms with Crippen molar-refractivity contribution >= 4 is 29.5 Å². The van der Waals surface area contributed by atoms with Gasteiger partial charge in [0.1, 0.15) is 0 Å². The van der Waals surface area contributed by atoms with Gasteiger partial charge in [-0.05, 0) is 53.9 Å². The third-order valence-electron chi connectivity index (χ3n) is 4.45. The van der Waals surface area contributed by atoms with Gasteiger partial charge in [0, 0.05) is 36.9 Å². The average molecular weight is 433 g/mol. The van der Waals surface area contributed by atoms with Crippen LogP contribution in [0.3, 0.4) is 0 Å². The first-order valence-electron chi connectivity index (χ1n) is 9.90. The summed E-state index contributed by atoms with van der Waals surface area (Å²) in [4.78, 5) is 39.1. The second kappa shape index (κ2) is 10.6. The predicted octanol–water partition coefficient (Wildman–Crippen LogP) is 3.74. The number of aromatic nitrogens is 1. The molecule has 0 atom stereocenters. The van der Waals surface area contributed by atoms with Gasteiger partial charge in [-0.25, -0.2) is 14.4 Å². The number of pyridine rings is 1. The Morgan fingerprint density at radius 3 is 2.44 bits per heavy atom. The van der Waals surface area contributed by atoms with Crippen molar-refractivity contribution in [1.82, 2.24) is 10.3 Å². The lowest BCUT2D eigenvalue weighted by Crippen LogP contribution is -2.28. The molecule has 0 aliphatic carbocycles. The number of hydrogen-bond acceptors (Lipinski definition) is 6. The van der Waals surface area contributed by atoms with Crippen LogP contribution in [0.4, 0.5) is 21.0 Å². The minimum Gasteiger partial charge on any atom is -0.385 e. The molecule has 32 heavy (non-hydrogen) atoms. The molecule has 1 aromatic heterocycles. The van der Waals surface area contributed by atoms with Gasteiger partial charge in [-0.3, -0.25) is 4.98 Å². The summed E-state index contributed by atoms with van der Waals surface area (Å²) in [5.74, 6) is -0.822. The van der Waals surface area contributed by atoms with Crippen LogP contribution in [0, 0.1) is 0 Å². The molecule has 0 spiro atoms. The second-order valence-electron chi connectivity index (χ2n) is 6.75. The Kier molecular flexibility index (Phi) is 7.37. The number of urea groups is 1. The summed E-state index contributed by atoms with van der Waals surface area (Å²) >= 11 is 0. The van der Waals surface area contributed by atoms with Crippen LogP contribution in [0.2, 0.25) is 0 Å². The molecule has 0 aliphatic rings. The van der Waals surface area contributed by atoms with E-state index in [0.29, 0.717) is 24.5 Å². The molecule has 0 saturated heterocycles. The monoisotopic (exact) mass is 433 g/mol. The molecule has 9 heteroatoms. The number of nitrogens with one attached hydrogen (secondary N) is 3. The summed E-state index contributed by atoms with van der Waals surface area (Å²) in [5.41, 5.74) is 8.90. The summed E-state index contributed by atoms with van der Waals surface area (Å²) < 4.78 is 4.48. The number of hydrogen-bond donors (Lipinski definition) is 4. The number of benzene rings is 2. The number of esters is 1. The maximum atomic E-state index is 12.1. The van der Waals surface area contributed by atoms with Crippen molar-refractivity contribution in [2.75, 3.05) is 17.2 Å². The Balaban J connectivity index is 1.68. The molecular weight excluding hydrogens is 410 g/mol. The molecule has 9 nitrogen and oxygen atoms in total. The van der Waals surface area contributed by atoms with Gasteiger partial charge in [0.15, 0.2) is 0 Å². The van der Waals surface area contributed by atoms with Crippen LogP contribution in [0.1, 0.15) is 22.8 Å². The van der Waals surface area contributed by atoms with E-state index < -0.39 is 12.1 Å². The largest absolute Gasteiger partial charge is 0.412 e. The Labute approximate surface area is 185 Å². The smallest absolute Gasteiger partial charge is 0.385 e. The molecule has 0 radical (unpaired) electrons. The average Bonchev–Trinajstić information content (AvgIpc) is 2.78. The number of nitrogens with two attached hydrogens (primary N) is 1. The Hall–Kier alpha value is -4.40. The fourth-order valence-corrected chi connectivity index (χ4v) is 2.99. The predicted molar refractivity (Wildman–Crippen MR) is 121 cm³/mol. The molecule has 0 saturated carbocycles. The van der Waals surface area contributed by atoms with Gasteiger partial charge in [0.25, 0.3) is 0 Å². The first kappa shape index (κ1) is 22.3.